The fourth-order valence-corrected chi connectivity index (χ4v) is 8.00. The number of methoxy groups -OCH3 is 1. The van der Waals surface area contributed by atoms with Crippen LogP contribution in [0.5, 0.6) is 11.5 Å². The summed E-state index contributed by atoms with van der Waals surface area (Å²) in [5.74, 6) is -9.40. The Morgan fingerprint density at radius 1 is 0.864 bits per heavy atom. The zero-order valence-corrected chi connectivity index (χ0v) is 35.3. The van der Waals surface area contributed by atoms with E-state index in [1.54, 1.807) is 52.0 Å². The molecule has 4 aliphatic rings. The van der Waals surface area contributed by atoms with Gasteiger partial charge in [0.05, 0.1) is 41.3 Å². The number of ether oxygens (including phenoxy) is 4. The maximum atomic E-state index is 14.7. The number of allylic oxidation sites excluding steroid dienone is 4. The number of phenols is 1. The molecular weight excluding hydrogens is 760 g/mol. The average molecular weight is 815 g/mol. The van der Waals surface area contributed by atoms with Gasteiger partial charge in [-0.1, -0.05) is 52.0 Å². The predicted octanol–water partition coefficient (Wildman–Crippen LogP) is 5.69. The van der Waals surface area contributed by atoms with Gasteiger partial charge in [0.25, 0.3) is 11.7 Å². The zero-order chi connectivity index (χ0) is 43.8. The molecule has 1 aliphatic carbocycles. The van der Waals surface area contributed by atoms with E-state index in [1.807, 2.05) is 19.9 Å². The minimum absolute atomic E-state index is 0.0154. The molecule has 9 atom stereocenters. The number of amides is 1. The van der Waals surface area contributed by atoms with Crippen LogP contribution in [0.2, 0.25) is 0 Å². The number of ketones is 3. The van der Waals surface area contributed by atoms with E-state index in [4.69, 9.17) is 18.9 Å². The van der Waals surface area contributed by atoms with Crippen molar-refractivity contribution in [2.24, 2.45) is 23.7 Å². The molecule has 316 valence electrons. The van der Waals surface area contributed by atoms with Crippen molar-refractivity contribution in [1.29, 1.82) is 0 Å². The lowest BCUT2D eigenvalue weighted by molar-refractivity contribution is -0.160. The number of phenolic OH excluding ortho intramolecular Hbond substituents is 1. The van der Waals surface area contributed by atoms with Crippen LogP contribution in [-0.4, -0.2) is 81.9 Å². The van der Waals surface area contributed by atoms with Crippen LogP contribution in [0, 0.1) is 44.4 Å². The van der Waals surface area contributed by atoms with Crippen LogP contribution in [0.4, 0.5) is 5.69 Å². The second-order valence-corrected chi connectivity index (χ2v) is 16.0. The number of Topliss-reactive ketones (excluding diaryl/α,β-unsaturated/α-hetero) is 3. The van der Waals surface area contributed by atoms with Gasteiger partial charge >= 0.3 is 11.8 Å². The number of esters is 1. The Labute approximate surface area is 343 Å². The number of aryl methyl sites for hydroxylation is 2. The number of anilines is 1. The first-order valence-corrected chi connectivity index (χ1v) is 19.5. The fourth-order valence-electron chi connectivity index (χ4n) is 8.00. The molecule has 2 aromatic rings. The van der Waals surface area contributed by atoms with E-state index in [-0.39, 0.29) is 28.1 Å². The normalized spacial score (nSPS) is 29.1. The maximum absolute atomic E-state index is 14.7. The molecule has 0 unspecified atom stereocenters. The van der Waals surface area contributed by atoms with E-state index >= 15 is 0 Å². The molecule has 6 rings (SSSR count). The first kappa shape index (κ1) is 44.5. The topological polar surface area (TPSA) is 207 Å². The summed E-state index contributed by atoms with van der Waals surface area (Å²) >= 11 is 0. The molecule has 2 aromatic carbocycles. The van der Waals surface area contributed by atoms with Gasteiger partial charge in [-0.05, 0) is 57.0 Å². The van der Waals surface area contributed by atoms with Crippen molar-refractivity contribution in [2.45, 2.75) is 99.4 Å². The number of aromatic hydroxyl groups is 1. The largest absolute Gasteiger partial charge is 0.507 e. The molecule has 0 saturated carbocycles. The van der Waals surface area contributed by atoms with Gasteiger partial charge in [0.2, 0.25) is 11.6 Å². The van der Waals surface area contributed by atoms with Gasteiger partial charge in [0.15, 0.2) is 0 Å². The first-order chi connectivity index (χ1) is 27.6. The maximum Gasteiger partial charge on any atom is 0.312 e. The number of benzene rings is 2. The SMILES string of the molecule is CO[C@H]1C=CO[C@@]2(C)Oc3c(C)c(O)c4c(c3C2=O)C(=O)C(Nc2cc(C)cc(C)c2)=C(NC(=O)C(C)=CC=C[C@H](C)[C@H](O)[C@@H](C)[C@H](O)[C@H](C)[C@H](OC(C)=O)[C@@H]1C)C4=O. The van der Waals surface area contributed by atoms with Gasteiger partial charge in [-0.2, -0.15) is 0 Å². The summed E-state index contributed by atoms with van der Waals surface area (Å²) in [5, 5.41) is 40.0. The number of carbonyl (C=O) groups is 5. The fraction of sp³-hybridized carbons (Fsp3) is 0.444. The number of aliphatic hydroxyl groups is 2. The van der Waals surface area contributed by atoms with Crippen molar-refractivity contribution in [3.8, 4) is 11.5 Å². The molecule has 1 amide bonds. The highest BCUT2D eigenvalue weighted by Gasteiger charge is 2.53. The second kappa shape index (κ2) is 17.3. The third kappa shape index (κ3) is 8.61. The molecule has 0 fully saturated rings. The van der Waals surface area contributed by atoms with Crippen LogP contribution >= 0.6 is 0 Å². The minimum Gasteiger partial charge on any atom is -0.507 e. The van der Waals surface area contributed by atoms with E-state index in [1.165, 1.54) is 53.2 Å². The molecule has 5 bridgehead atoms. The zero-order valence-electron chi connectivity index (χ0n) is 35.3. The summed E-state index contributed by atoms with van der Waals surface area (Å²) < 4.78 is 23.5. The average Bonchev–Trinajstić information content (AvgIpc) is 3.44. The van der Waals surface area contributed by atoms with E-state index in [2.05, 4.69) is 10.6 Å². The van der Waals surface area contributed by atoms with Crippen LogP contribution < -0.4 is 15.4 Å². The summed E-state index contributed by atoms with van der Waals surface area (Å²) in [7, 11) is 1.42. The summed E-state index contributed by atoms with van der Waals surface area (Å²) in [6.07, 6.45) is 3.36. The van der Waals surface area contributed by atoms with Gasteiger partial charge in [0, 0.05) is 61.5 Å². The van der Waals surface area contributed by atoms with E-state index < -0.39 is 106 Å². The van der Waals surface area contributed by atoms with Gasteiger partial charge < -0.3 is 44.9 Å². The van der Waals surface area contributed by atoms with Crippen molar-refractivity contribution in [2.75, 3.05) is 12.4 Å². The molecule has 3 heterocycles. The quantitative estimate of drug-likeness (QED) is 0.236. The van der Waals surface area contributed by atoms with E-state index in [9.17, 15) is 39.3 Å². The summed E-state index contributed by atoms with van der Waals surface area (Å²) in [5.41, 5.74) is 0.214. The van der Waals surface area contributed by atoms with E-state index in [0.29, 0.717) is 5.69 Å². The van der Waals surface area contributed by atoms with Gasteiger partial charge in [-0.15, -0.1) is 0 Å². The Hall–Kier alpha value is -5.57. The van der Waals surface area contributed by atoms with Crippen LogP contribution in [-0.2, 0) is 23.8 Å². The van der Waals surface area contributed by atoms with E-state index in [0.717, 1.165) is 11.1 Å². The van der Waals surface area contributed by atoms with Crippen molar-refractivity contribution >= 4 is 34.9 Å². The summed E-state index contributed by atoms with van der Waals surface area (Å²) in [4.78, 5) is 69.7. The number of hydrogen-bond acceptors (Lipinski definition) is 13. The molecule has 14 nitrogen and oxygen atoms in total. The summed E-state index contributed by atoms with van der Waals surface area (Å²) in [6.45, 7) is 16.0. The van der Waals surface area contributed by atoms with Gasteiger partial charge in [-0.25, -0.2) is 0 Å². The number of carbonyl (C=O) groups excluding carboxylic acids is 5. The molecule has 5 N–H and O–H groups in total. The minimum atomic E-state index is -2.10. The smallest absolute Gasteiger partial charge is 0.312 e. The molecule has 0 aromatic heterocycles. The van der Waals surface area contributed by atoms with Crippen molar-refractivity contribution in [3.05, 3.63) is 99.1 Å². The Kier molecular flexibility index (Phi) is 13.1. The van der Waals surface area contributed by atoms with Crippen LogP contribution in [0.3, 0.4) is 0 Å². The molecule has 0 spiro atoms. The van der Waals surface area contributed by atoms with Crippen LogP contribution in [0.25, 0.3) is 0 Å². The molecule has 0 radical (unpaired) electrons. The molecule has 59 heavy (non-hydrogen) atoms. The Morgan fingerprint density at radius 3 is 2.12 bits per heavy atom. The molecule has 3 aliphatic heterocycles. The highest BCUT2D eigenvalue weighted by Crippen LogP contribution is 2.48. The molecular formula is C45H54N2O12. The number of rotatable bonds is 4. The number of nitrogens with one attached hydrogen (secondary N) is 2. The first-order valence-electron chi connectivity index (χ1n) is 19.5. The number of fused-ring (bicyclic) bond motifs is 14. The summed E-state index contributed by atoms with van der Waals surface area (Å²) in [6, 6.07) is 5.39. The van der Waals surface area contributed by atoms with Crippen LogP contribution in [0.1, 0.15) is 96.2 Å². The monoisotopic (exact) mass is 814 g/mol. The second-order valence-electron chi connectivity index (χ2n) is 16.0. The molecule has 14 heteroatoms. The van der Waals surface area contributed by atoms with Crippen molar-refractivity contribution < 1.29 is 58.2 Å². The van der Waals surface area contributed by atoms with Gasteiger partial charge in [0.1, 0.15) is 29.0 Å². The third-order valence-electron chi connectivity index (χ3n) is 11.4. The predicted molar refractivity (Wildman–Crippen MR) is 218 cm³/mol. The molecule has 0 saturated heterocycles. The van der Waals surface area contributed by atoms with Crippen LogP contribution in [0.15, 0.2) is 65.7 Å². The van der Waals surface area contributed by atoms with Crippen molar-refractivity contribution in [3.63, 3.8) is 0 Å². The number of aliphatic hydroxyl groups excluding tert-OH is 2. The third-order valence-corrected chi connectivity index (χ3v) is 11.4. The Morgan fingerprint density at radius 2 is 1.51 bits per heavy atom. The lowest BCUT2D eigenvalue weighted by Gasteiger charge is -2.38. The number of hydrogen-bond donors (Lipinski definition) is 5. The highest BCUT2D eigenvalue weighted by atomic mass is 16.7. The van der Waals surface area contributed by atoms with Gasteiger partial charge in [-0.3, -0.25) is 24.0 Å². The van der Waals surface area contributed by atoms with Crippen molar-refractivity contribution in [1.82, 2.24) is 5.32 Å². The highest BCUT2D eigenvalue weighted by molar-refractivity contribution is 6.33. The lowest BCUT2D eigenvalue weighted by Crippen LogP contribution is -2.46. The Bertz CT molecular complexity index is 2180. The Balaban J connectivity index is 1.69. The standard InChI is InChI=1S/C45H54N2O12/c1-20-17-21(2)19-29(18-20)46-34-35-40(53)32-31(39(34)52)33-42(27(8)38(32)51)59-45(10,43(33)54)57-16-15-30(56-11)24(5)41(58-28(9)48)26(7)37(50)25(6)36(49)22(3)13-12-14-23(4)44(55)47-35/h12-19,22,24-26,30,36-37,41,46,49-51H,1-11H3,(H,47,55)/t22-,24+,25+,26-,30-,36-,37-,41+,45-/m0/s1. The lowest BCUT2D eigenvalue weighted by atomic mass is 9.78.